The van der Waals surface area contributed by atoms with Crippen LogP contribution in [0.5, 0.6) is 0 Å². The molecule has 0 heterocycles. The van der Waals surface area contributed by atoms with Gasteiger partial charge in [0.25, 0.3) is 0 Å². The zero-order chi connectivity index (χ0) is 17.1. The van der Waals surface area contributed by atoms with E-state index < -0.39 is 24.0 Å². The first-order chi connectivity index (χ1) is 11.1. The molecule has 1 rings (SSSR count). The lowest BCUT2D eigenvalue weighted by Crippen LogP contribution is -2.28. The van der Waals surface area contributed by atoms with Crippen LogP contribution in [0.4, 0.5) is 0 Å². The van der Waals surface area contributed by atoms with Gasteiger partial charge in [-0.1, -0.05) is 30.3 Å². The van der Waals surface area contributed by atoms with Gasteiger partial charge in [-0.3, -0.25) is 9.59 Å². The fourth-order valence-electron chi connectivity index (χ4n) is 2.41. The fourth-order valence-corrected chi connectivity index (χ4v) is 2.41. The largest absolute Gasteiger partial charge is 0.466 e. The predicted octanol–water partition coefficient (Wildman–Crippen LogP) is 2.50. The Labute approximate surface area is 137 Å². The van der Waals surface area contributed by atoms with E-state index in [1.54, 1.807) is 13.8 Å². The third-order valence-corrected chi connectivity index (χ3v) is 3.58. The van der Waals surface area contributed by atoms with Gasteiger partial charge in [0.15, 0.2) is 0 Å². The third kappa shape index (κ3) is 7.79. The lowest BCUT2D eigenvalue weighted by molar-refractivity contribution is -0.149. The highest BCUT2D eigenvalue weighted by atomic mass is 16.5. The number of benzene rings is 1. The van der Waals surface area contributed by atoms with Gasteiger partial charge in [-0.15, -0.1) is 0 Å². The van der Waals surface area contributed by atoms with E-state index in [2.05, 4.69) is 0 Å². The van der Waals surface area contributed by atoms with E-state index in [1.807, 2.05) is 30.3 Å². The van der Waals surface area contributed by atoms with Crippen LogP contribution >= 0.6 is 0 Å². The van der Waals surface area contributed by atoms with Crippen molar-refractivity contribution in [2.45, 2.75) is 45.6 Å². The maximum atomic E-state index is 11.7. The van der Waals surface area contributed by atoms with Gasteiger partial charge < -0.3 is 14.6 Å². The van der Waals surface area contributed by atoms with Gasteiger partial charge in [-0.2, -0.15) is 0 Å². The first-order valence-electron chi connectivity index (χ1n) is 8.10. The Morgan fingerprint density at radius 1 is 1.00 bits per heavy atom. The van der Waals surface area contributed by atoms with Gasteiger partial charge in [0, 0.05) is 5.92 Å². The van der Waals surface area contributed by atoms with Crippen LogP contribution in [-0.2, 0) is 25.5 Å². The highest BCUT2D eigenvalue weighted by Crippen LogP contribution is 2.20. The van der Waals surface area contributed by atoms with Crippen molar-refractivity contribution in [1.29, 1.82) is 0 Å². The predicted molar refractivity (Wildman–Crippen MR) is 86.8 cm³/mol. The zero-order valence-electron chi connectivity index (χ0n) is 13.9. The highest BCUT2D eigenvalue weighted by molar-refractivity contribution is 5.73. The minimum Gasteiger partial charge on any atom is -0.466 e. The molecule has 5 heteroatoms. The van der Waals surface area contributed by atoms with Gasteiger partial charge in [-0.25, -0.2) is 0 Å². The van der Waals surface area contributed by atoms with Crippen LogP contribution in [0.15, 0.2) is 30.3 Å². The van der Waals surface area contributed by atoms with Crippen LogP contribution in [0.3, 0.4) is 0 Å². The molecule has 0 aliphatic carbocycles. The molecule has 0 amide bonds. The first-order valence-corrected chi connectivity index (χ1v) is 8.10. The Balaban J connectivity index is 2.60. The molecule has 0 aromatic heterocycles. The Morgan fingerprint density at radius 2 is 1.52 bits per heavy atom. The van der Waals surface area contributed by atoms with Crippen molar-refractivity contribution in [3.05, 3.63) is 35.9 Å². The molecule has 1 unspecified atom stereocenters. The number of aliphatic hydroxyl groups excluding tert-OH is 1. The average molecular weight is 322 g/mol. The van der Waals surface area contributed by atoms with Crippen LogP contribution < -0.4 is 0 Å². The van der Waals surface area contributed by atoms with Gasteiger partial charge in [-0.05, 0) is 32.3 Å². The van der Waals surface area contributed by atoms with Gasteiger partial charge in [0.05, 0.1) is 32.2 Å². The summed E-state index contributed by atoms with van der Waals surface area (Å²) in [7, 11) is 0. The second-order valence-electron chi connectivity index (χ2n) is 5.37. The normalized spacial score (nSPS) is 12.0. The van der Waals surface area contributed by atoms with E-state index in [4.69, 9.17) is 9.47 Å². The molecule has 0 fully saturated rings. The summed E-state index contributed by atoms with van der Waals surface area (Å²) in [5.74, 6) is -1.29. The van der Waals surface area contributed by atoms with E-state index >= 15 is 0 Å². The number of esters is 2. The molecule has 0 saturated carbocycles. The summed E-state index contributed by atoms with van der Waals surface area (Å²) < 4.78 is 9.85. The van der Waals surface area contributed by atoms with Crippen molar-refractivity contribution in [1.82, 2.24) is 0 Å². The number of hydrogen-bond acceptors (Lipinski definition) is 5. The van der Waals surface area contributed by atoms with Crippen molar-refractivity contribution >= 4 is 11.9 Å². The van der Waals surface area contributed by atoms with Crippen molar-refractivity contribution in [3.8, 4) is 0 Å². The van der Waals surface area contributed by atoms with E-state index in [0.29, 0.717) is 12.8 Å². The SMILES string of the molecule is CCOC(=O)CC(CC(=O)OCC)C(O)CCc1ccccc1. The first kappa shape index (κ1) is 19.2. The number of aliphatic hydroxyl groups is 1. The molecule has 0 saturated heterocycles. The molecule has 1 aromatic carbocycles. The highest BCUT2D eigenvalue weighted by Gasteiger charge is 2.26. The minimum absolute atomic E-state index is 0.0165. The quantitative estimate of drug-likeness (QED) is 0.670. The summed E-state index contributed by atoms with van der Waals surface area (Å²) in [6.45, 7) is 4.02. The summed E-state index contributed by atoms with van der Waals surface area (Å²) in [5, 5.41) is 10.4. The van der Waals surface area contributed by atoms with Gasteiger partial charge in [0.2, 0.25) is 0 Å². The molecular weight excluding hydrogens is 296 g/mol. The molecule has 1 N–H and O–H groups in total. The summed E-state index contributed by atoms with van der Waals surface area (Å²) in [5.41, 5.74) is 1.11. The molecule has 0 aliphatic heterocycles. The standard InChI is InChI=1S/C18H26O5/c1-3-22-17(20)12-15(13-18(21)23-4-2)16(19)11-10-14-8-6-5-7-9-14/h5-9,15-16,19H,3-4,10-13H2,1-2H3. The summed E-state index contributed by atoms with van der Waals surface area (Å²) in [6, 6.07) is 9.79. The number of aryl methyl sites for hydroxylation is 1. The van der Waals surface area contributed by atoms with Gasteiger partial charge in [0.1, 0.15) is 0 Å². The maximum absolute atomic E-state index is 11.7. The van der Waals surface area contributed by atoms with Gasteiger partial charge >= 0.3 is 11.9 Å². The number of ether oxygens (including phenoxy) is 2. The number of carbonyl (C=O) groups excluding carboxylic acids is 2. The van der Waals surface area contributed by atoms with Crippen LogP contribution in [0.25, 0.3) is 0 Å². The molecule has 0 bridgehead atoms. The van der Waals surface area contributed by atoms with E-state index in [-0.39, 0.29) is 26.1 Å². The molecular formula is C18H26O5. The van der Waals surface area contributed by atoms with Crippen molar-refractivity contribution in [2.75, 3.05) is 13.2 Å². The molecule has 23 heavy (non-hydrogen) atoms. The van der Waals surface area contributed by atoms with Crippen molar-refractivity contribution in [2.24, 2.45) is 5.92 Å². The van der Waals surface area contributed by atoms with Crippen LogP contribution in [0, 0.1) is 5.92 Å². The fraction of sp³-hybridized carbons (Fsp3) is 0.556. The number of hydrogen-bond donors (Lipinski definition) is 1. The Hall–Kier alpha value is -1.88. The summed E-state index contributed by atoms with van der Waals surface area (Å²) in [6.07, 6.45) is 0.437. The van der Waals surface area contributed by atoms with E-state index in [1.165, 1.54) is 0 Å². The molecule has 5 nitrogen and oxygen atoms in total. The smallest absolute Gasteiger partial charge is 0.306 e. The molecule has 0 aliphatic rings. The number of rotatable bonds is 10. The monoisotopic (exact) mass is 322 g/mol. The molecule has 1 aromatic rings. The van der Waals surface area contributed by atoms with Crippen molar-refractivity contribution in [3.63, 3.8) is 0 Å². The Kier molecular flexibility index (Phi) is 8.98. The third-order valence-electron chi connectivity index (χ3n) is 3.58. The zero-order valence-corrected chi connectivity index (χ0v) is 13.9. The van der Waals surface area contributed by atoms with E-state index in [9.17, 15) is 14.7 Å². The number of carbonyl (C=O) groups is 2. The topological polar surface area (TPSA) is 72.8 Å². The van der Waals surface area contributed by atoms with Crippen molar-refractivity contribution < 1.29 is 24.2 Å². The van der Waals surface area contributed by atoms with E-state index in [0.717, 1.165) is 5.56 Å². The second kappa shape index (κ2) is 10.8. The Bertz CT molecular complexity index is 452. The maximum Gasteiger partial charge on any atom is 0.306 e. The lowest BCUT2D eigenvalue weighted by Gasteiger charge is -2.21. The molecule has 128 valence electrons. The summed E-state index contributed by atoms with van der Waals surface area (Å²) in [4.78, 5) is 23.4. The minimum atomic E-state index is -0.760. The molecule has 1 atom stereocenters. The Morgan fingerprint density at radius 3 is 2.00 bits per heavy atom. The molecule has 0 radical (unpaired) electrons. The molecule has 0 spiro atoms. The average Bonchev–Trinajstić information content (AvgIpc) is 2.53. The lowest BCUT2D eigenvalue weighted by atomic mass is 9.91. The van der Waals surface area contributed by atoms with Crippen LogP contribution in [-0.4, -0.2) is 36.4 Å². The van der Waals surface area contributed by atoms with Crippen LogP contribution in [0.2, 0.25) is 0 Å². The van der Waals surface area contributed by atoms with Crippen LogP contribution in [0.1, 0.15) is 38.7 Å². The second-order valence-corrected chi connectivity index (χ2v) is 5.37. The summed E-state index contributed by atoms with van der Waals surface area (Å²) >= 11 is 0.